The number of aromatic amines is 1. The van der Waals surface area contributed by atoms with Crippen molar-refractivity contribution >= 4 is 5.97 Å². The van der Waals surface area contributed by atoms with Crippen molar-refractivity contribution in [1.29, 1.82) is 0 Å². The van der Waals surface area contributed by atoms with Crippen LogP contribution < -0.4 is 0 Å². The smallest absolute Gasteiger partial charge is 0.352 e. The first kappa shape index (κ1) is 6.67. The number of aryl methyl sites for hydroxylation is 1. The number of nitrogens with one attached hydrogen (secondary N) is 1. The maximum absolute atomic E-state index is 10.2. The van der Waals surface area contributed by atoms with Crippen LogP contribution in [0.1, 0.15) is 16.1 Å². The van der Waals surface area contributed by atoms with Crippen LogP contribution >= 0.6 is 0 Å². The molecule has 10 heavy (non-hydrogen) atoms. The second-order valence-electron chi connectivity index (χ2n) is 2.02. The summed E-state index contributed by atoms with van der Waals surface area (Å²) >= 11 is 0. The summed E-state index contributed by atoms with van der Waals surface area (Å²) in [5.41, 5.74) is 0.549. The molecular formula is C6H7NO3. The first-order chi connectivity index (χ1) is 4.61. The average molecular weight is 141 g/mol. The molecule has 1 aromatic rings. The fraction of sp³-hybridized carbons (Fsp3) is 0.167. The number of carboxylic acids is 1. The van der Waals surface area contributed by atoms with E-state index in [2.05, 4.69) is 4.98 Å². The zero-order valence-electron chi connectivity index (χ0n) is 5.38. The van der Waals surface area contributed by atoms with E-state index in [4.69, 9.17) is 10.2 Å². The number of carbonyl (C=O) groups is 1. The number of hydrogen-bond donors (Lipinski definition) is 3. The SMILES string of the molecule is Cc1cc(C(=O)O)[nH]c1O. The number of H-pyrrole nitrogens is 1. The lowest BCUT2D eigenvalue weighted by Gasteiger charge is -1.83. The van der Waals surface area contributed by atoms with Gasteiger partial charge in [-0.2, -0.15) is 0 Å². The Bertz CT molecular complexity index is 244. The Morgan fingerprint density at radius 1 is 1.70 bits per heavy atom. The largest absolute Gasteiger partial charge is 0.494 e. The van der Waals surface area contributed by atoms with Gasteiger partial charge in [0.05, 0.1) is 0 Å². The Labute approximate surface area is 57.1 Å². The van der Waals surface area contributed by atoms with Crippen molar-refractivity contribution < 1.29 is 15.0 Å². The normalized spacial score (nSPS) is 9.70. The molecule has 0 fully saturated rings. The minimum absolute atomic E-state index is 0.00926. The number of aromatic hydroxyl groups is 1. The van der Waals surface area contributed by atoms with Crippen LogP contribution in [-0.4, -0.2) is 21.2 Å². The third kappa shape index (κ3) is 0.953. The molecule has 0 atom stereocenters. The molecule has 3 N–H and O–H groups in total. The summed E-state index contributed by atoms with van der Waals surface area (Å²) in [4.78, 5) is 12.5. The van der Waals surface area contributed by atoms with Gasteiger partial charge in [0.25, 0.3) is 0 Å². The third-order valence-corrected chi connectivity index (χ3v) is 1.22. The Morgan fingerprint density at radius 2 is 2.30 bits per heavy atom. The van der Waals surface area contributed by atoms with Gasteiger partial charge in [-0.25, -0.2) is 4.79 Å². The van der Waals surface area contributed by atoms with Crippen LogP contribution in [0.3, 0.4) is 0 Å². The second kappa shape index (κ2) is 2.06. The molecule has 0 aliphatic heterocycles. The quantitative estimate of drug-likeness (QED) is 0.539. The van der Waals surface area contributed by atoms with E-state index in [1.807, 2.05) is 0 Å². The Morgan fingerprint density at radius 3 is 2.50 bits per heavy atom. The van der Waals surface area contributed by atoms with Gasteiger partial charge in [0, 0.05) is 5.56 Å². The van der Waals surface area contributed by atoms with Crippen molar-refractivity contribution in [3.8, 4) is 5.88 Å². The van der Waals surface area contributed by atoms with Gasteiger partial charge < -0.3 is 15.2 Å². The molecule has 0 spiro atoms. The van der Waals surface area contributed by atoms with E-state index in [1.165, 1.54) is 6.07 Å². The highest BCUT2D eigenvalue weighted by molar-refractivity contribution is 5.86. The van der Waals surface area contributed by atoms with Crippen LogP contribution in [-0.2, 0) is 0 Å². The molecule has 1 heterocycles. The monoisotopic (exact) mass is 141 g/mol. The van der Waals surface area contributed by atoms with Crippen LogP contribution in [0, 0.1) is 6.92 Å². The second-order valence-corrected chi connectivity index (χ2v) is 2.02. The summed E-state index contributed by atoms with van der Waals surface area (Å²) < 4.78 is 0. The molecule has 0 aliphatic rings. The lowest BCUT2D eigenvalue weighted by molar-refractivity contribution is 0.0690. The first-order valence-electron chi connectivity index (χ1n) is 2.73. The predicted octanol–water partition coefficient (Wildman–Crippen LogP) is 0.727. The molecule has 1 aromatic heterocycles. The highest BCUT2D eigenvalue weighted by atomic mass is 16.4. The first-order valence-corrected chi connectivity index (χ1v) is 2.73. The highest BCUT2D eigenvalue weighted by Gasteiger charge is 2.07. The van der Waals surface area contributed by atoms with Crippen molar-refractivity contribution in [1.82, 2.24) is 4.98 Å². The van der Waals surface area contributed by atoms with Crippen molar-refractivity contribution in [2.24, 2.45) is 0 Å². The van der Waals surface area contributed by atoms with E-state index in [0.29, 0.717) is 5.56 Å². The van der Waals surface area contributed by atoms with E-state index in [1.54, 1.807) is 6.92 Å². The van der Waals surface area contributed by atoms with Gasteiger partial charge in [-0.3, -0.25) is 0 Å². The van der Waals surface area contributed by atoms with Crippen LogP contribution in [0.4, 0.5) is 0 Å². The fourth-order valence-electron chi connectivity index (χ4n) is 0.662. The number of aromatic nitrogens is 1. The molecule has 0 saturated heterocycles. The van der Waals surface area contributed by atoms with E-state index < -0.39 is 5.97 Å². The lowest BCUT2D eigenvalue weighted by atomic mass is 10.3. The zero-order chi connectivity index (χ0) is 7.72. The van der Waals surface area contributed by atoms with E-state index in [0.717, 1.165) is 0 Å². The maximum atomic E-state index is 10.2. The number of aromatic carboxylic acids is 1. The van der Waals surface area contributed by atoms with Crippen molar-refractivity contribution in [2.75, 3.05) is 0 Å². The van der Waals surface area contributed by atoms with Gasteiger partial charge in [0.1, 0.15) is 5.69 Å². The summed E-state index contributed by atoms with van der Waals surface area (Å²) in [5.74, 6) is -1.15. The predicted molar refractivity (Wildman–Crippen MR) is 34.2 cm³/mol. The van der Waals surface area contributed by atoms with Gasteiger partial charge in [-0.15, -0.1) is 0 Å². The average Bonchev–Trinajstić information content (AvgIpc) is 2.13. The summed E-state index contributed by atoms with van der Waals surface area (Å²) in [5, 5.41) is 17.3. The maximum Gasteiger partial charge on any atom is 0.352 e. The van der Waals surface area contributed by atoms with Crippen molar-refractivity contribution in [2.45, 2.75) is 6.92 Å². The molecule has 4 nitrogen and oxygen atoms in total. The van der Waals surface area contributed by atoms with Crippen LogP contribution in [0.2, 0.25) is 0 Å². The Balaban J connectivity index is 3.10. The zero-order valence-corrected chi connectivity index (χ0v) is 5.38. The van der Waals surface area contributed by atoms with Crippen LogP contribution in [0.5, 0.6) is 5.88 Å². The van der Waals surface area contributed by atoms with Gasteiger partial charge in [-0.05, 0) is 13.0 Å². The lowest BCUT2D eigenvalue weighted by Crippen LogP contribution is -1.94. The minimum Gasteiger partial charge on any atom is -0.494 e. The third-order valence-electron chi connectivity index (χ3n) is 1.22. The van der Waals surface area contributed by atoms with E-state index in [9.17, 15) is 4.79 Å². The number of rotatable bonds is 1. The summed E-state index contributed by atoms with van der Waals surface area (Å²) in [6.07, 6.45) is 0. The standard InChI is InChI=1S/C6H7NO3/c1-3-2-4(6(9)10)7-5(3)8/h2,7-8H,1H3,(H,9,10). The summed E-state index contributed by atoms with van der Waals surface area (Å²) in [7, 11) is 0. The molecule has 0 aliphatic carbocycles. The molecule has 1 rings (SSSR count). The molecular weight excluding hydrogens is 134 g/mol. The molecule has 54 valence electrons. The van der Waals surface area contributed by atoms with E-state index in [-0.39, 0.29) is 11.6 Å². The number of hydrogen-bond acceptors (Lipinski definition) is 2. The highest BCUT2D eigenvalue weighted by Crippen LogP contribution is 2.14. The molecule has 0 amide bonds. The Kier molecular flexibility index (Phi) is 1.37. The van der Waals surface area contributed by atoms with E-state index >= 15 is 0 Å². The van der Waals surface area contributed by atoms with Crippen molar-refractivity contribution in [3.63, 3.8) is 0 Å². The summed E-state index contributed by atoms with van der Waals surface area (Å²) in [6.45, 7) is 1.62. The molecule has 0 radical (unpaired) electrons. The minimum atomic E-state index is -1.07. The van der Waals surface area contributed by atoms with Gasteiger partial charge >= 0.3 is 5.97 Å². The van der Waals surface area contributed by atoms with Crippen molar-refractivity contribution in [3.05, 3.63) is 17.3 Å². The van der Waals surface area contributed by atoms with Gasteiger partial charge in [-0.1, -0.05) is 0 Å². The molecule has 0 saturated carbocycles. The number of carboxylic acid groups (broad SMARTS) is 1. The molecule has 0 aromatic carbocycles. The molecule has 4 heteroatoms. The van der Waals surface area contributed by atoms with Crippen LogP contribution in [0.25, 0.3) is 0 Å². The topological polar surface area (TPSA) is 73.3 Å². The Hall–Kier alpha value is -1.45. The summed E-state index contributed by atoms with van der Waals surface area (Å²) in [6, 6.07) is 1.37. The van der Waals surface area contributed by atoms with Gasteiger partial charge in [0.15, 0.2) is 5.88 Å². The van der Waals surface area contributed by atoms with Crippen LogP contribution in [0.15, 0.2) is 6.07 Å². The van der Waals surface area contributed by atoms with Gasteiger partial charge in [0.2, 0.25) is 0 Å². The fourth-order valence-corrected chi connectivity index (χ4v) is 0.662. The molecule has 0 bridgehead atoms. The molecule has 0 unspecified atom stereocenters.